The summed E-state index contributed by atoms with van der Waals surface area (Å²) in [7, 11) is 0. The molecule has 0 unspecified atom stereocenters. The molecule has 5 heteroatoms. The van der Waals surface area contributed by atoms with E-state index in [2.05, 4.69) is 10.6 Å². The van der Waals surface area contributed by atoms with E-state index in [0.29, 0.717) is 12.0 Å². The largest absolute Gasteiger partial charge is 0.393 e. The smallest absolute Gasteiger partial charge is 0.251 e. The summed E-state index contributed by atoms with van der Waals surface area (Å²) in [6.07, 6.45) is 3.32. The first-order valence-corrected chi connectivity index (χ1v) is 8.28. The molecule has 3 rings (SSSR count). The van der Waals surface area contributed by atoms with Crippen LogP contribution in [0, 0.1) is 0 Å². The van der Waals surface area contributed by atoms with Gasteiger partial charge in [-0.25, -0.2) is 0 Å². The fourth-order valence-corrected chi connectivity index (χ4v) is 3.53. The van der Waals surface area contributed by atoms with Gasteiger partial charge < -0.3 is 15.7 Å². The van der Waals surface area contributed by atoms with E-state index in [9.17, 15) is 14.7 Å². The van der Waals surface area contributed by atoms with E-state index in [4.69, 9.17) is 0 Å². The summed E-state index contributed by atoms with van der Waals surface area (Å²) in [5, 5.41) is 15.5. The van der Waals surface area contributed by atoms with Gasteiger partial charge in [-0.2, -0.15) is 0 Å². The molecule has 1 fully saturated rings. The highest BCUT2D eigenvalue weighted by molar-refractivity contribution is 5.99. The summed E-state index contributed by atoms with van der Waals surface area (Å²) in [6, 6.07) is 5.60. The number of aliphatic hydroxyl groups is 1. The van der Waals surface area contributed by atoms with Gasteiger partial charge in [0, 0.05) is 29.1 Å². The standard InChI is InChI=1S/C18H24N2O3/c1-18(2)10-16(22)20-15-8-3-11(9-14(15)18)17(23)19-12-4-6-13(21)7-5-12/h3,8-9,12-13,21H,4-7,10H2,1-2H3,(H,19,23)(H,20,22). The van der Waals surface area contributed by atoms with Gasteiger partial charge in [-0.3, -0.25) is 9.59 Å². The average Bonchev–Trinajstić information content (AvgIpc) is 2.48. The van der Waals surface area contributed by atoms with Gasteiger partial charge in [0.15, 0.2) is 0 Å². The molecule has 1 aliphatic heterocycles. The van der Waals surface area contributed by atoms with Gasteiger partial charge in [0.25, 0.3) is 5.91 Å². The third-order valence-corrected chi connectivity index (χ3v) is 4.92. The zero-order valence-electron chi connectivity index (χ0n) is 13.7. The number of fused-ring (bicyclic) bond motifs is 1. The predicted molar refractivity (Wildman–Crippen MR) is 88.4 cm³/mol. The summed E-state index contributed by atoms with van der Waals surface area (Å²) < 4.78 is 0. The van der Waals surface area contributed by atoms with Crippen LogP contribution in [0.3, 0.4) is 0 Å². The van der Waals surface area contributed by atoms with Crippen molar-refractivity contribution in [1.82, 2.24) is 5.32 Å². The highest BCUT2D eigenvalue weighted by atomic mass is 16.3. The van der Waals surface area contributed by atoms with Gasteiger partial charge in [-0.05, 0) is 49.4 Å². The molecule has 0 radical (unpaired) electrons. The molecule has 1 aromatic carbocycles. The van der Waals surface area contributed by atoms with E-state index in [1.165, 1.54) is 0 Å². The second-order valence-electron chi connectivity index (χ2n) is 7.35. The third kappa shape index (κ3) is 3.39. The first-order chi connectivity index (χ1) is 10.8. The molecule has 124 valence electrons. The number of amides is 2. The summed E-state index contributed by atoms with van der Waals surface area (Å²) in [5.41, 5.74) is 2.15. The fourth-order valence-electron chi connectivity index (χ4n) is 3.53. The van der Waals surface area contributed by atoms with Crippen molar-refractivity contribution in [1.29, 1.82) is 0 Å². The Bertz CT molecular complexity index is 631. The molecule has 1 heterocycles. The SMILES string of the molecule is CC1(C)CC(=O)Nc2ccc(C(=O)NC3CCC(O)CC3)cc21. The van der Waals surface area contributed by atoms with Crippen LogP contribution in [0.2, 0.25) is 0 Å². The molecule has 5 nitrogen and oxygen atoms in total. The lowest BCUT2D eigenvalue weighted by molar-refractivity contribution is -0.117. The Morgan fingerprint density at radius 2 is 1.96 bits per heavy atom. The van der Waals surface area contributed by atoms with Crippen LogP contribution in [0.1, 0.15) is 61.9 Å². The number of rotatable bonds is 2. The van der Waals surface area contributed by atoms with Crippen molar-refractivity contribution in [2.24, 2.45) is 0 Å². The van der Waals surface area contributed by atoms with Gasteiger partial charge in [-0.15, -0.1) is 0 Å². The highest BCUT2D eigenvalue weighted by Crippen LogP contribution is 2.37. The number of hydrogen-bond acceptors (Lipinski definition) is 3. The summed E-state index contributed by atoms with van der Waals surface area (Å²) >= 11 is 0. The Hall–Kier alpha value is -1.88. The van der Waals surface area contributed by atoms with E-state index in [-0.39, 0.29) is 29.4 Å². The maximum absolute atomic E-state index is 12.5. The Morgan fingerprint density at radius 1 is 1.26 bits per heavy atom. The van der Waals surface area contributed by atoms with Gasteiger partial charge in [0.05, 0.1) is 6.10 Å². The average molecular weight is 316 g/mol. The van der Waals surface area contributed by atoms with Crippen molar-refractivity contribution in [3.05, 3.63) is 29.3 Å². The Labute approximate surface area is 136 Å². The first-order valence-electron chi connectivity index (χ1n) is 8.28. The van der Waals surface area contributed by atoms with E-state index < -0.39 is 0 Å². The van der Waals surface area contributed by atoms with Crippen molar-refractivity contribution in [3.63, 3.8) is 0 Å². The summed E-state index contributed by atoms with van der Waals surface area (Å²) in [4.78, 5) is 24.2. The number of benzene rings is 1. The maximum Gasteiger partial charge on any atom is 0.251 e. The number of aliphatic hydroxyl groups excluding tert-OH is 1. The normalized spacial score (nSPS) is 26.1. The molecule has 0 bridgehead atoms. The fraction of sp³-hybridized carbons (Fsp3) is 0.556. The van der Waals surface area contributed by atoms with E-state index in [1.807, 2.05) is 26.0 Å². The molecular weight excluding hydrogens is 292 g/mol. The monoisotopic (exact) mass is 316 g/mol. The molecule has 1 aromatic rings. The minimum Gasteiger partial charge on any atom is -0.393 e. The molecule has 23 heavy (non-hydrogen) atoms. The molecule has 0 saturated heterocycles. The van der Waals surface area contributed by atoms with Gasteiger partial charge in [0.2, 0.25) is 5.91 Å². The zero-order chi connectivity index (χ0) is 16.6. The Morgan fingerprint density at radius 3 is 2.65 bits per heavy atom. The maximum atomic E-state index is 12.5. The van der Waals surface area contributed by atoms with Crippen molar-refractivity contribution in [2.45, 2.75) is 63.5 Å². The number of carbonyl (C=O) groups excluding carboxylic acids is 2. The summed E-state index contributed by atoms with van der Waals surface area (Å²) in [5.74, 6) is -0.0673. The molecule has 2 aliphatic rings. The molecular formula is C18H24N2O3. The van der Waals surface area contributed by atoms with E-state index >= 15 is 0 Å². The number of hydrogen-bond donors (Lipinski definition) is 3. The van der Waals surface area contributed by atoms with Crippen LogP contribution in [0.5, 0.6) is 0 Å². The van der Waals surface area contributed by atoms with Crippen LogP contribution in [-0.2, 0) is 10.2 Å². The van der Waals surface area contributed by atoms with E-state index in [0.717, 1.165) is 36.9 Å². The zero-order valence-corrected chi connectivity index (χ0v) is 13.7. The first kappa shape index (κ1) is 16.0. The Kier molecular flexibility index (Phi) is 4.15. The van der Waals surface area contributed by atoms with Crippen LogP contribution in [0.25, 0.3) is 0 Å². The predicted octanol–water partition coefficient (Wildman–Crippen LogP) is 2.34. The molecule has 0 aromatic heterocycles. The Balaban J connectivity index is 1.76. The van der Waals surface area contributed by atoms with Crippen LogP contribution >= 0.6 is 0 Å². The van der Waals surface area contributed by atoms with Crippen LogP contribution < -0.4 is 10.6 Å². The van der Waals surface area contributed by atoms with Crippen molar-refractivity contribution >= 4 is 17.5 Å². The molecule has 0 spiro atoms. The minimum atomic E-state index is -0.275. The van der Waals surface area contributed by atoms with Crippen molar-refractivity contribution in [3.8, 4) is 0 Å². The second kappa shape index (κ2) is 5.96. The lowest BCUT2D eigenvalue weighted by atomic mass is 9.77. The topological polar surface area (TPSA) is 78.4 Å². The molecule has 3 N–H and O–H groups in total. The third-order valence-electron chi connectivity index (χ3n) is 4.92. The second-order valence-corrected chi connectivity index (χ2v) is 7.35. The number of anilines is 1. The quantitative estimate of drug-likeness (QED) is 0.783. The number of nitrogens with one attached hydrogen (secondary N) is 2. The van der Waals surface area contributed by atoms with Gasteiger partial charge >= 0.3 is 0 Å². The molecule has 1 saturated carbocycles. The van der Waals surface area contributed by atoms with E-state index in [1.54, 1.807) is 6.07 Å². The lowest BCUT2D eigenvalue weighted by Gasteiger charge is -2.32. The van der Waals surface area contributed by atoms with Crippen LogP contribution in [0.15, 0.2) is 18.2 Å². The minimum absolute atomic E-state index is 0.0143. The molecule has 0 atom stereocenters. The lowest BCUT2D eigenvalue weighted by Crippen LogP contribution is -2.39. The van der Waals surface area contributed by atoms with Crippen molar-refractivity contribution < 1.29 is 14.7 Å². The van der Waals surface area contributed by atoms with Gasteiger partial charge in [0.1, 0.15) is 0 Å². The molecule has 1 aliphatic carbocycles. The summed E-state index contributed by atoms with van der Waals surface area (Å²) in [6.45, 7) is 4.05. The van der Waals surface area contributed by atoms with Gasteiger partial charge in [-0.1, -0.05) is 13.8 Å². The number of carbonyl (C=O) groups is 2. The van der Waals surface area contributed by atoms with Crippen LogP contribution in [0.4, 0.5) is 5.69 Å². The van der Waals surface area contributed by atoms with Crippen LogP contribution in [-0.4, -0.2) is 29.1 Å². The molecule has 2 amide bonds. The highest BCUT2D eigenvalue weighted by Gasteiger charge is 2.32. The van der Waals surface area contributed by atoms with Crippen molar-refractivity contribution in [2.75, 3.05) is 5.32 Å².